The number of phosphoric acid groups is 1. The summed E-state index contributed by atoms with van der Waals surface area (Å²) in [6.07, 6.45) is 0.684. The monoisotopic (exact) mass is 314 g/mol. The van der Waals surface area contributed by atoms with Gasteiger partial charge in [0.1, 0.15) is 11.9 Å². The summed E-state index contributed by atoms with van der Waals surface area (Å²) in [6, 6.07) is 9.31. The third-order valence-corrected chi connectivity index (χ3v) is 3.99. The minimum Gasteiger partial charge on any atom is -0.455 e. The number of hydrogen-bond donors (Lipinski definition) is 0. The van der Waals surface area contributed by atoms with Gasteiger partial charge in [-0.1, -0.05) is 30.3 Å². The molecule has 0 heterocycles. The van der Waals surface area contributed by atoms with Crippen molar-refractivity contribution in [2.75, 3.05) is 14.2 Å². The van der Waals surface area contributed by atoms with Crippen LogP contribution in [0, 0.1) is 0 Å². The van der Waals surface area contributed by atoms with Crippen LogP contribution >= 0.6 is 7.82 Å². The maximum atomic E-state index is 11.7. The number of allylic oxidation sites excluding steroid dienone is 1. The molecule has 1 atom stereocenters. The lowest BCUT2D eigenvalue weighted by atomic mass is 10.1. The summed E-state index contributed by atoms with van der Waals surface area (Å²) < 4.78 is 31.1. The van der Waals surface area contributed by atoms with Gasteiger partial charge in [0, 0.05) is 14.2 Å². The standard InChI is InChI=1S/C14H19O6P/c1-11(20-21(16,17-3)18-4)10-14(15)19-12(2)13-8-6-5-7-9-13/h5-10,12H,1-4H3/b11-10-/t12-/m0/s1. The summed E-state index contributed by atoms with van der Waals surface area (Å²) in [4.78, 5) is 11.7. The number of phosphoric ester groups is 1. The molecule has 0 amide bonds. The van der Waals surface area contributed by atoms with Gasteiger partial charge in [-0.05, 0) is 19.4 Å². The van der Waals surface area contributed by atoms with E-state index in [0.29, 0.717) is 0 Å². The highest BCUT2D eigenvalue weighted by molar-refractivity contribution is 7.48. The largest absolute Gasteiger partial charge is 0.529 e. The molecule has 0 aliphatic carbocycles. The fourth-order valence-corrected chi connectivity index (χ4v) is 2.22. The van der Waals surface area contributed by atoms with E-state index >= 15 is 0 Å². The van der Waals surface area contributed by atoms with E-state index in [9.17, 15) is 9.36 Å². The van der Waals surface area contributed by atoms with Crippen LogP contribution in [0.5, 0.6) is 0 Å². The van der Waals surface area contributed by atoms with Crippen LogP contribution in [-0.4, -0.2) is 20.2 Å². The van der Waals surface area contributed by atoms with Gasteiger partial charge in [-0.25, -0.2) is 9.36 Å². The SMILES string of the molecule is COP(=O)(OC)O/C(C)=C\C(=O)O[C@@H](C)c1ccccc1. The van der Waals surface area contributed by atoms with E-state index in [1.165, 1.54) is 21.1 Å². The van der Waals surface area contributed by atoms with Gasteiger partial charge in [0.15, 0.2) is 0 Å². The second-order valence-corrected chi connectivity index (χ2v) is 5.96. The molecule has 7 heteroatoms. The molecule has 0 saturated carbocycles. The number of esters is 1. The van der Waals surface area contributed by atoms with Gasteiger partial charge < -0.3 is 9.26 Å². The average Bonchev–Trinajstić information content (AvgIpc) is 2.47. The Morgan fingerprint density at radius 2 is 1.76 bits per heavy atom. The number of hydrogen-bond acceptors (Lipinski definition) is 6. The van der Waals surface area contributed by atoms with Crippen LogP contribution in [0.15, 0.2) is 42.2 Å². The molecular formula is C14H19O6P. The van der Waals surface area contributed by atoms with E-state index in [1.54, 1.807) is 6.92 Å². The zero-order valence-corrected chi connectivity index (χ0v) is 13.3. The van der Waals surface area contributed by atoms with Crippen molar-refractivity contribution in [1.29, 1.82) is 0 Å². The fraction of sp³-hybridized carbons (Fsp3) is 0.357. The molecule has 0 aliphatic heterocycles. The molecule has 0 radical (unpaired) electrons. The second kappa shape index (κ2) is 7.98. The summed E-state index contributed by atoms with van der Waals surface area (Å²) >= 11 is 0. The summed E-state index contributed by atoms with van der Waals surface area (Å²) in [5, 5.41) is 0. The molecule has 21 heavy (non-hydrogen) atoms. The molecule has 6 nitrogen and oxygen atoms in total. The van der Waals surface area contributed by atoms with Gasteiger partial charge in [-0.3, -0.25) is 9.05 Å². The molecule has 0 aromatic heterocycles. The number of rotatable bonds is 7. The van der Waals surface area contributed by atoms with Crippen molar-refractivity contribution in [1.82, 2.24) is 0 Å². The minimum atomic E-state index is -3.66. The molecule has 1 rings (SSSR count). The van der Waals surface area contributed by atoms with Crippen LogP contribution < -0.4 is 0 Å². The van der Waals surface area contributed by atoms with Crippen molar-refractivity contribution >= 4 is 13.8 Å². The van der Waals surface area contributed by atoms with Crippen LogP contribution in [-0.2, 0) is 27.7 Å². The van der Waals surface area contributed by atoms with E-state index in [-0.39, 0.29) is 5.76 Å². The quantitative estimate of drug-likeness (QED) is 0.331. The Morgan fingerprint density at radius 1 is 1.19 bits per heavy atom. The fourth-order valence-electron chi connectivity index (χ4n) is 1.52. The van der Waals surface area contributed by atoms with Crippen LogP contribution in [0.2, 0.25) is 0 Å². The first-order valence-electron chi connectivity index (χ1n) is 6.25. The molecule has 1 aromatic carbocycles. The second-order valence-electron chi connectivity index (χ2n) is 4.15. The number of carbonyl (C=O) groups is 1. The Morgan fingerprint density at radius 3 is 2.29 bits per heavy atom. The number of carbonyl (C=O) groups excluding carboxylic acids is 1. The van der Waals surface area contributed by atoms with Crippen molar-refractivity contribution in [3.05, 3.63) is 47.7 Å². The number of ether oxygens (including phenoxy) is 1. The molecule has 0 N–H and O–H groups in total. The highest BCUT2D eigenvalue weighted by Crippen LogP contribution is 2.49. The van der Waals surface area contributed by atoms with Gasteiger partial charge in [0.25, 0.3) is 0 Å². The van der Waals surface area contributed by atoms with Crippen LogP contribution in [0.25, 0.3) is 0 Å². The number of benzene rings is 1. The maximum Gasteiger partial charge on any atom is 0.529 e. The van der Waals surface area contributed by atoms with Crippen molar-refractivity contribution in [3.63, 3.8) is 0 Å². The molecule has 116 valence electrons. The van der Waals surface area contributed by atoms with Crippen LogP contribution in [0.1, 0.15) is 25.5 Å². The Labute approximate surface area is 124 Å². The Hall–Kier alpha value is -1.62. The first kappa shape index (κ1) is 17.4. The summed E-state index contributed by atoms with van der Waals surface area (Å²) in [5.41, 5.74) is 0.872. The Bertz CT molecular complexity index is 532. The molecule has 0 unspecified atom stereocenters. The lowest BCUT2D eigenvalue weighted by molar-refractivity contribution is -0.142. The summed E-state index contributed by atoms with van der Waals surface area (Å²) in [5.74, 6) is -0.532. The van der Waals surface area contributed by atoms with Crippen molar-refractivity contribution in [2.24, 2.45) is 0 Å². The average molecular weight is 314 g/mol. The minimum absolute atomic E-state index is 0.0762. The zero-order chi connectivity index (χ0) is 15.9. The molecule has 0 saturated heterocycles. The molecule has 0 fully saturated rings. The lowest BCUT2D eigenvalue weighted by Gasteiger charge is -2.15. The van der Waals surface area contributed by atoms with Crippen LogP contribution in [0.4, 0.5) is 0 Å². The Kier molecular flexibility index (Phi) is 6.62. The molecular weight excluding hydrogens is 295 g/mol. The van der Waals surface area contributed by atoms with Crippen molar-refractivity contribution in [3.8, 4) is 0 Å². The summed E-state index contributed by atoms with van der Waals surface area (Å²) in [6.45, 7) is 3.21. The van der Waals surface area contributed by atoms with Crippen LogP contribution in [0.3, 0.4) is 0 Å². The van der Waals surface area contributed by atoms with Crippen molar-refractivity contribution < 1.29 is 27.7 Å². The lowest BCUT2D eigenvalue weighted by Crippen LogP contribution is -2.07. The van der Waals surface area contributed by atoms with Gasteiger partial charge in [0.05, 0.1) is 6.08 Å². The summed E-state index contributed by atoms with van der Waals surface area (Å²) in [7, 11) is -1.29. The first-order chi connectivity index (χ1) is 9.90. The van der Waals surface area contributed by atoms with E-state index in [1.807, 2.05) is 30.3 Å². The van der Waals surface area contributed by atoms with Gasteiger partial charge in [-0.15, -0.1) is 0 Å². The maximum absolute atomic E-state index is 11.7. The van der Waals surface area contributed by atoms with Gasteiger partial charge >= 0.3 is 13.8 Å². The topological polar surface area (TPSA) is 71.1 Å². The normalized spacial score (nSPS) is 13.6. The highest BCUT2D eigenvalue weighted by Gasteiger charge is 2.24. The molecule has 0 spiro atoms. The van der Waals surface area contributed by atoms with E-state index in [0.717, 1.165) is 11.6 Å². The van der Waals surface area contributed by atoms with E-state index in [2.05, 4.69) is 9.05 Å². The predicted octanol–water partition coefficient (Wildman–Crippen LogP) is 3.61. The van der Waals surface area contributed by atoms with E-state index in [4.69, 9.17) is 9.26 Å². The third kappa shape index (κ3) is 5.71. The third-order valence-electron chi connectivity index (χ3n) is 2.59. The first-order valence-corrected chi connectivity index (χ1v) is 7.71. The Balaban J connectivity index is 2.64. The smallest absolute Gasteiger partial charge is 0.455 e. The molecule has 1 aromatic rings. The van der Waals surface area contributed by atoms with Crippen molar-refractivity contribution in [2.45, 2.75) is 20.0 Å². The van der Waals surface area contributed by atoms with E-state index < -0.39 is 19.9 Å². The van der Waals surface area contributed by atoms with Gasteiger partial charge in [-0.2, -0.15) is 0 Å². The van der Waals surface area contributed by atoms with Gasteiger partial charge in [0.2, 0.25) is 0 Å². The predicted molar refractivity (Wildman–Crippen MR) is 77.4 cm³/mol. The molecule has 0 bridgehead atoms. The zero-order valence-electron chi connectivity index (χ0n) is 12.4. The highest BCUT2D eigenvalue weighted by atomic mass is 31.2. The molecule has 0 aliphatic rings.